The second-order valence-electron chi connectivity index (χ2n) is 7.33. The third-order valence-electron chi connectivity index (χ3n) is 5.14. The number of ether oxygens (including phenoxy) is 1. The maximum absolute atomic E-state index is 11.1. The third-order valence-corrected chi connectivity index (χ3v) is 5.14. The maximum Gasteiger partial charge on any atom is 0.305 e. The van der Waals surface area contributed by atoms with Crippen molar-refractivity contribution in [3.05, 3.63) is 66.9 Å². The maximum atomic E-state index is 11.1. The predicted octanol–water partition coefficient (Wildman–Crippen LogP) is 6.12. The van der Waals surface area contributed by atoms with E-state index in [9.17, 15) is 4.79 Å². The number of aryl methyl sites for hydroxylation is 1. The van der Waals surface area contributed by atoms with E-state index in [0.717, 1.165) is 37.1 Å². The molecule has 29 heavy (non-hydrogen) atoms. The number of benzene rings is 2. The molecule has 0 radical (unpaired) electrons. The van der Waals surface area contributed by atoms with Crippen molar-refractivity contribution in [2.75, 3.05) is 7.11 Å². The molecule has 3 aromatic rings. The average molecular weight is 391 g/mol. The Hall–Kier alpha value is -2.88. The minimum absolute atomic E-state index is 0.105. The topological polar surface area (TPSA) is 44.1 Å². The smallest absolute Gasteiger partial charge is 0.305 e. The van der Waals surface area contributed by atoms with Crippen LogP contribution >= 0.6 is 0 Å². The molecule has 0 aliphatic carbocycles. The van der Waals surface area contributed by atoms with Crippen LogP contribution in [0.3, 0.4) is 0 Å². The van der Waals surface area contributed by atoms with Crippen LogP contribution in [0.4, 0.5) is 0 Å². The molecule has 0 aliphatic rings. The van der Waals surface area contributed by atoms with E-state index in [1.807, 2.05) is 12.1 Å². The van der Waals surface area contributed by atoms with Gasteiger partial charge >= 0.3 is 5.97 Å². The summed E-state index contributed by atoms with van der Waals surface area (Å²) in [5, 5.41) is 4.90. The largest absolute Gasteiger partial charge is 0.469 e. The summed E-state index contributed by atoms with van der Waals surface area (Å²) in [6, 6.07) is 20.9. The molecule has 0 aliphatic heterocycles. The lowest BCUT2D eigenvalue weighted by atomic mass is 10.0. The summed E-state index contributed by atoms with van der Waals surface area (Å²) in [5.74, 6) is -0.105. The van der Waals surface area contributed by atoms with Gasteiger partial charge in [-0.1, -0.05) is 86.3 Å². The van der Waals surface area contributed by atoms with E-state index in [-0.39, 0.29) is 5.97 Å². The monoisotopic (exact) mass is 390 g/mol. The molecule has 1 aromatic heterocycles. The number of methoxy groups -OCH3 is 1. The Bertz CT molecular complexity index is 815. The zero-order valence-corrected chi connectivity index (χ0v) is 17.2. The first-order chi connectivity index (χ1) is 14.3. The van der Waals surface area contributed by atoms with Crippen LogP contribution in [0.25, 0.3) is 22.4 Å². The van der Waals surface area contributed by atoms with Gasteiger partial charge in [0.05, 0.1) is 7.11 Å². The second kappa shape index (κ2) is 11.2. The van der Waals surface area contributed by atoms with Crippen molar-refractivity contribution in [3.8, 4) is 22.4 Å². The van der Waals surface area contributed by atoms with Crippen molar-refractivity contribution in [1.82, 2.24) is 9.78 Å². The molecule has 0 saturated carbocycles. The molecule has 0 spiro atoms. The Morgan fingerprint density at radius 1 is 0.828 bits per heavy atom. The molecule has 0 atom stereocenters. The van der Waals surface area contributed by atoms with Crippen molar-refractivity contribution in [2.45, 2.75) is 51.5 Å². The van der Waals surface area contributed by atoms with Crippen LogP contribution in [0, 0.1) is 0 Å². The van der Waals surface area contributed by atoms with Crippen LogP contribution in [0.1, 0.15) is 44.9 Å². The number of esters is 1. The number of carbonyl (C=O) groups excluding carboxylic acids is 1. The number of hydrogen-bond donors (Lipinski definition) is 0. The minimum Gasteiger partial charge on any atom is -0.469 e. The van der Waals surface area contributed by atoms with Crippen LogP contribution in [0.15, 0.2) is 66.9 Å². The Morgan fingerprint density at radius 3 is 2.07 bits per heavy atom. The first-order valence-corrected chi connectivity index (χ1v) is 10.5. The number of rotatable bonds is 11. The van der Waals surface area contributed by atoms with E-state index >= 15 is 0 Å². The van der Waals surface area contributed by atoms with Gasteiger partial charge in [0.1, 0.15) is 5.69 Å². The van der Waals surface area contributed by atoms with Gasteiger partial charge in [0.15, 0.2) is 0 Å². The summed E-state index contributed by atoms with van der Waals surface area (Å²) in [5.41, 5.74) is 4.57. The number of aromatic nitrogens is 2. The molecule has 2 aromatic carbocycles. The fourth-order valence-electron chi connectivity index (χ4n) is 3.53. The van der Waals surface area contributed by atoms with Gasteiger partial charge in [-0.05, 0) is 18.4 Å². The van der Waals surface area contributed by atoms with E-state index in [1.54, 1.807) is 0 Å². The van der Waals surface area contributed by atoms with E-state index in [4.69, 9.17) is 5.10 Å². The summed E-state index contributed by atoms with van der Waals surface area (Å²) < 4.78 is 6.76. The quantitative estimate of drug-likeness (QED) is 0.293. The molecule has 152 valence electrons. The summed E-state index contributed by atoms with van der Waals surface area (Å²) in [6.45, 7) is 0.925. The number of unbranched alkanes of at least 4 members (excludes halogenated alkanes) is 5. The zero-order valence-electron chi connectivity index (χ0n) is 17.2. The lowest BCUT2D eigenvalue weighted by Gasteiger charge is -2.03. The molecule has 0 unspecified atom stereocenters. The third kappa shape index (κ3) is 6.31. The van der Waals surface area contributed by atoms with Gasteiger partial charge in [-0.2, -0.15) is 5.10 Å². The van der Waals surface area contributed by atoms with Gasteiger partial charge in [-0.25, -0.2) is 0 Å². The Balaban J connectivity index is 1.54. The lowest BCUT2D eigenvalue weighted by Crippen LogP contribution is -2.00. The van der Waals surface area contributed by atoms with Crippen molar-refractivity contribution in [1.29, 1.82) is 0 Å². The molecular weight excluding hydrogens is 360 g/mol. The number of carbonyl (C=O) groups is 1. The van der Waals surface area contributed by atoms with Crippen LogP contribution in [0.2, 0.25) is 0 Å². The summed E-state index contributed by atoms with van der Waals surface area (Å²) in [4.78, 5) is 11.1. The zero-order chi connectivity index (χ0) is 20.3. The van der Waals surface area contributed by atoms with Crippen molar-refractivity contribution in [3.63, 3.8) is 0 Å². The minimum atomic E-state index is -0.105. The molecule has 0 amide bonds. The van der Waals surface area contributed by atoms with Crippen LogP contribution < -0.4 is 0 Å². The fourth-order valence-corrected chi connectivity index (χ4v) is 3.53. The SMILES string of the molecule is COC(=O)CCCCCCCCn1cc(-c2ccccc2)c(-c2ccccc2)n1. The van der Waals surface area contributed by atoms with E-state index in [0.29, 0.717) is 6.42 Å². The van der Waals surface area contributed by atoms with Crippen molar-refractivity contribution < 1.29 is 9.53 Å². The van der Waals surface area contributed by atoms with Crippen molar-refractivity contribution in [2.24, 2.45) is 0 Å². The standard InChI is InChI=1S/C25H30N2O2/c1-29-24(28)18-12-4-2-3-5-13-19-27-20-23(21-14-8-6-9-15-21)25(26-27)22-16-10-7-11-17-22/h6-11,14-17,20H,2-5,12-13,18-19H2,1H3. The highest BCUT2D eigenvalue weighted by Gasteiger charge is 2.12. The molecule has 0 saturated heterocycles. The molecule has 0 fully saturated rings. The molecule has 1 heterocycles. The first kappa shape index (κ1) is 20.8. The van der Waals surface area contributed by atoms with Gasteiger partial charge < -0.3 is 4.74 Å². The van der Waals surface area contributed by atoms with Gasteiger partial charge in [-0.15, -0.1) is 0 Å². The molecule has 0 bridgehead atoms. The number of hydrogen-bond acceptors (Lipinski definition) is 3. The van der Waals surface area contributed by atoms with Gasteiger partial charge in [0.2, 0.25) is 0 Å². The molecule has 4 heteroatoms. The van der Waals surface area contributed by atoms with Gasteiger partial charge in [-0.3, -0.25) is 9.48 Å². The van der Waals surface area contributed by atoms with E-state index in [1.165, 1.54) is 37.5 Å². The number of nitrogens with zero attached hydrogens (tertiary/aromatic N) is 2. The summed E-state index contributed by atoms with van der Waals surface area (Å²) >= 11 is 0. The van der Waals surface area contributed by atoms with Gasteiger partial charge in [0, 0.05) is 30.3 Å². The highest BCUT2D eigenvalue weighted by molar-refractivity contribution is 5.80. The summed E-state index contributed by atoms with van der Waals surface area (Å²) in [7, 11) is 1.45. The highest BCUT2D eigenvalue weighted by Crippen LogP contribution is 2.30. The predicted molar refractivity (Wildman–Crippen MR) is 117 cm³/mol. The molecule has 0 N–H and O–H groups in total. The van der Waals surface area contributed by atoms with E-state index < -0.39 is 0 Å². The second-order valence-corrected chi connectivity index (χ2v) is 7.33. The fraction of sp³-hybridized carbons (Fsp3) is 0.360. The van der Waals surface area contributed by atoms with Gasteiger partial charge in [0.25, 0.3) is 0 Å². The first-order valence-electron chi connectivity index (χ1n) is 10.5. The highest BCUT2D eigenvalue weighted by atomic mass is 16.5. The Kier molecular flexibility index (Phi) is 8.05. The van der Waals surface area contributed by atoms with E-state index in [2.05, 4.69) is 64.1 Å². The van der Waals surface area contributed by atoms with Crippen LogP contribution in [-0.2, 0) is 16.1 Å². The molecule has 4 nitrogen and oxygen atoms in total. The van der Waals surface area contributed by atoms with Crippen LogP contribution in [-0.4, -0.2) is 22.9 Å². The Morgan fingerprint density at radius 2 is 1.41 bits per heavy atom. The Labute approximate surface area is 173 Å². The van der Waals surface area contributed by atoms with Crippen LogP contribution in [0.5, 0.6) is 0 Å². The molecular formula is C25H30N2O2. The molecule has 3 rings (SSSR count). The average Bonchev–Trinajstić information content (AvgIpc) is 3.21. The lowest BCUT2D eigenvalue weighted by molar-refractivity contribution is -0.140. The van der Waals surface area contributed by atoms with Crippen molar-refractivity contribution >= 4 is 5.97 Å². The summed E-state index contributed by atoms with van der Waals surface area (Å²) in [6.07, 6.45) is 9.38. The normalized spacial score (nSPS) is 10.8.